The third-order valence-electron chi connectivity index (χ3n) is 3.67. The monoisotopic (exact) mass is 305 g/mol. The number of amides is 1. The van der Waals surface area contributed by atoms with Gasteiger partial charge in [0, 0.05) is 31.4 Å². The Balaban J connectivity index is 1.55. The summed E-state index contributed by atoms with van der Waals surface area (Å²) >= 11 is 5.84. The van der Waals surface area contributed by atoms with Crippen molar-refractivity contribution in [2.24, 2.45) is 5.92 Å². The van der Waals surface area contributed by atoms with Crippen LogP contribution < -0.4 is 10.2 Å². The average molecular weight is 306 g/mol. The van der Waals surface area contributed by atoms with E-state index in [0.29, 0.717) is 10.7 Å². The number of anilines is 2. The topological polar surface area (TPSA) is 73.9 Å². The second kappa shape index (κ2) is 6.13. The molecule has 1 saturated heterocycles. The van der Waals surface area contributed by atoms with E-state index in [0.717, 1.165) is 31.7 Å². The van der Waals surface area contributed by atoms with E-state index >= 15 is 0 Å². The highest BCUT2D eigenvalue weighted by Gasteiger charge is 2.25. The van der Waals surface area contributed by atoms with Crippen LogP contribution in [0, 0.1) is 5.92 Å². The van der Waals surface area contributed by atoms with Crippen molar-refractivity contribution in [3.05, 3.63) is 35.7 Å². The van der Waals surface area contributed by atoms with Crippen molar-refractivity contribution in [1.82, 2.24) is 15.2 Å². The fraction of sp³-hybridized carbons (Fsp3) is 0.357. The van der Waals surface area contributed by atoms with E-state index in [-0.39, 0.29) is 11.8 Å². The number of nitrogens with one attached hydrogen (secondary N) is 2. The van der Waals surface area contributed by atoms with Crippen LogP contribution in [-0.4, -0.2) is 34.2 Å². The molecule has 0 spiro atoms. The molecular weight excluding hydrogens is 290 g/mol. The van der Waals surface area contributed by atoms with Crippen LogP contribution in [0.15, 0.2) is 30.7 Å². The Hall–Kier alpha value is -2.08. The fourth-order valence-electron chi connectivity index (χ4n) is 2.49. The number of aromatic nitrogens is 3. The molecule has 3 rings (SSSR count). The van der Waals surface area contributed by atoms with Gasteiger partial charge >= 0.3 is 0 Å². The summed E-state index contributed by atoms with van der Waals surface area (Å²) < 4.78 is 0. The summed E-state index contributed by atoms with van der Waals surface area (Å²) in [6.45, 7) is 1.64. The smallest absolute Gasteiger partial charge is 0.227 e. The number of piperidine rings is 1. The Morgan fingerprint density at radius 2 is 2.14 bits per heavy atom. The van der Waals surface area contributed by atoms with Crippen LogP contribution in [0.4, 0.5) is 11.5 Å². The highest BCUT2D eigenvalue weighted by atomic mass is 35.5. The molecule has 3 heterocycles. The van der Waals surface area contributed by atoms with Crippen molar-refractivity contribution in [2.45, 2.75) is 12.8 Å². The third-order valence-corrected chi connectivity index (χ3v) is 3.89. The average Bonchev–Trinajstić information content (AvgIpc) is 3.01. The lowest BCUT2D eigenvalue weighted by molar-refractivity contribution is -0.120. The first-order valence-electron chi connectivity index (χ1n) is 6.88. The van der Waals surface area contributed by atoms with E-state index in [4.69, 9.17) is 11.6 Å². The van der Waals surface area contributed by atoms with E-state index in [1.54, 1.807) is 18.6 Å². The highest BCUT2D eigenvalue weighted by molar-refractivity contribution is 6.30. The second-order valence-corrected chi connectivity index (χ2v) is 5.51. The van der Waals surface area contributed by atoms with Gasteiger partial charge in [0.1, 0.15) is 5.82 Å². The second-order valence-electron chi connectivity index (χ2n) is 5.07. The first-order valence-corrected chi connectivity index (χ1v) is 7.26. The number of carbonyl (C=O) groups is 1. The molecule has 0 bridgehead atoms. The molecule has 1 amide bonds. The van der Waals surface area contributed by atoms with Gasteiger partial charge in [0.05, 0.1) is 16.9 Å². The van der Waals surface area contributed by atoms with E-state index in [1.807, 2.05) is 12.1 Å². The first-order chi connectivity index (χ1) is 10.2. The van der Waals surface area contributed by atoms with Gasteiger partial charge in [0.2, 0.25) is 5.91 Å². The van der Waals surface area contributed by atoms with Gasteiger partial charge in [0.25, 0.3) is 0 Å². The fourth-order valence-corrected chi connectivity index (χ4v) is 2.60. The molecule has 0 aliphatic carbocycles. The first kappa shape index (κ1) is 13.9. The maximum atomic E-state index is 12.1. The lowest BCUT2D eigenvalue weighted by atomic mass is 9.96. The van der Waals surface area contributed by atoms with Crippen LogP contribution in [0.2, 0.25) is 5.02 Å². The Bertz CT molecular complexity index is 590. The number of halogens is 1. The Kier molecular flexibility index (Phi) is 4.06. The molecule has 21 heavy (non-hydrogen) atoms. The molecule has 0 aromatic carbocycles. The van der Waals surface area contributed by atoms with Gasteiger partial charge in [-0.05, 0) is 25.0 Å². The normalized spacial score (nSPS) is 16.0. The molecule has 2 aromatic rings. The Morgan fingerprint density at radius 3 is 2.76 bits per heavy atom. The van der Waals surface area contributed by atoms with E-state index in [2.05, 4.69) is 25.4 Å². The van der Waals surface area contributed by atoms with Crippen molar-refractivity contribution < 1.29 is 4.79 Å². The lowest BCUT2D eigenvalue weighted by Crippen LogP contribution is -2.38. The summed E-state index contributed by atoms with van der Waals surface area (Å²) in [4.78, 5) is 18.6. The number of nitrogens with zero attached hydrogens (tertiary/aromatic N) is 3. The van der Waals surface area contributed by atoms with Crippen LogP contribution in [0.3, 0.4) is 0 Å². The van der Waals surface area contributed by atoms with E-state index in [9.17, 15) is 4.79 Å². The van der Waals surface area contributed by atoms with Crippen LogP contribution in [0.25, 0.3) is 0 Å². The van der Waals surface area contributed by atoms with Gasteiger partial charge in [-0.2, -0.15) is 5.10 Å². The summed E-state index contributed by atoms with van der Waals surface area (Å²) in [6.07, 6.45) is 6.55. The van der Waals surface area contributed by atoms with Gasteiger partial charge in [-0.15, -0.1) is 0 Å². The van der Waals surface area contributed by atoms with Crippen LogP contribution in [0.1, 0.15) is 12.8 Å². The molecule has 2 aromatic heterocycles. The molecular formula is C14H16ClN5O. The van der Waals surface area contributed by atoms with E-state index < -0.39 is 0 Å². The number of rotatable bonds is 3. The molecule has 0 unspecified atom stereocenters. The number of aromatic amines is 1. The quantitative estimate of drug-likeness (QED) is 0.912. The predicted molar refractivity (Wildman–Crippen MR) is 81.4 cm³/mol. The molecule has 1 fully saturated rings. The van der Waals surface area contributed by atoms with Crippen LogP contribution >= 0.6 is 11.6 Å². The van der Waals surface area contributed by atoms with Crippen molar-refractivity contribution in [2.75, 3.05) is 23.3 Å². The molecule has 2 N–H and O–H groups in total. The summed E-state index contributed by atoms with van der Waals surface area (Å²) in [5.74, 6) is 0.997. The van der Waals surface area contributed by atoms with Crippen molar-refractivity contribution in [3.63, 3.8) is 0 Å². The van der Waals surface area contributed by atoms with Crippen molar-refractivity contribution in [3.8, 4) is 0 Å². The Labute approximate surface area is 127 Å². The zero-order valence-corrected chi connectivity index (χ0v) is 12.2. The highest BCUT2D eigenvalue weighted by Crippen LogP contribution is 2.23. The summed E-state index contributed by atoms with van der Waals surface area (Å²) in [7, 11) is 0. The zero-order valence-electron chi connectivity index (χ0n) is 11.4. The third kappa shape index (κ3) is 3.33. The molecule has 7 heteroatoms. The van der Waals surface area contributed by atoms with Crippen LogP contribution in [0.5, 0.6) is 0 Å². The Morgan fingerprint density at radius 1 is 1.33 bits per heavy atom. The summed E-state index contributed by atoms with van der Waals surface area (Å²) in [5, 5.41) is 9.99. The zero-order chi connectivity index (χ0) is 14.7. The molecule has 0 saturated carbocycles. The minimum absolute atomic E-state index is 0.0310. The van der Waals surface area contributed by atoms with Crippen molar-refractivity contribution >= 4 is 29.0 Å². The summed E-state index contributed by atoms with van der Waals surface area (Å²) in [6, 6.07) is 3.75. The van der Waals surface area contributed by atoms with Crippen molar-refractivity contribution in [1.29, 1.82) is 0 Å². The largest absolute Gasteiger partial charge is 0.357 e. The van der Waals surface area contributed by atoms with Gasteiger partial charge < -0.3 is 10.2 Å². The van der Waals surface area contributed by atoms with Gasteiger partial charge in [-0.1, -0.05) is 11.6 Å². The lowest BCUT2D eigenvalue weighted by Gasteiger charge is -2.32. The molecule has 110 valence electrons. The number of carbonyl (C=O) groups excluding carboxylic acids is 1. The maximum Gasteiger partial charge on any atom is 0.227 e. The molecule has 0 radical (unpaired) electrons. The van der Waals surface area contributed by atoms with Gasteiger partial charge in [-0.25, -0.2) is 4.98 Å². The summed E-state index contributed by atoms with van der Waals surface area (Å²) in [5.41, 5.74) is 0.710. The molecule has 1 aliphatic rings. The number of pyridine rings is 1. The SMILES string of the molecule is O=C(Nc1cn[nH]c1)C1CCN(c2ccc(Cl)cn2)CC1. The molecule has 0 atom stereocenters. The van der Waals surface area contributed by atoms with Gasteiger partial charge in [0.15, 0.2) is 0 Å². The van der Waals surface area contributed by atoms with Crippen LogP contribution in [-0.2, 0) is 4.79 Å². The minimum Gasteiger partial charge on any atom is -0.357 e. The number of hydrogen-bond acceptors (Lipinski definition) is 4. The maximum absolute atomic E-state index is 12.1. The molecule has 1 aliphatic heterocycles. The predicted octanol–water partition coefficient (Wildman–Crippen LogP) is 2.31. The number of hydrogen-bond donors (Lipinski definition) is 2. The minimum atomic E-state index is 0.0310. The van der Waals surface area contributed by atoms with E-state index in [1.165, 1.54) is 0 Å². The molecule has 6 nitrogen and oxygen atoms in total. The van der Waals surface area contributed by atoms with Gasteiger partial charge in [-0.3, -0.25) is 9.89 Å². The number of H-pyrrole nitrogens is 1. The standard InChI is InChI=1S/C14H16ClN5O/c15-11-1-2-13(16-7-11)20-5-3-10(4-6-20)14(21)19-12-8-17-18-9-12/h1-2,7-10H,3-6H2,(H,17,18)(H,19,21).